The zero-order valence-electron chi connectivity index (χ0n) is 10.7. The fourth-order valence-corrected chi connectivity index (χ4v) is 3.66. The minimum absolute atomic E-state index is 0.0178. The highest BCUT2D eigenvalue weighted by Gasteiger charge is 2.46. The number of ether oxygens (including phenoxy) is 1. The second-order valence-corrected chi connectivity index (χ2v) is 6.01. The lowest BCUT2D eigenvalue weighted by Crippen LogP contribution is -2.45. The van der Waals surface area contributed by atoms with Crippen molar-refractivity contribution < 1.29 is 14.6 Å². The molecule has 1 unspecified atom stereocenters. The van der Waals surface area contributed by atoms with Crippen molar-refractivity contribution in [2.45, 2.75) is 24.8 Å². The molecule has 2 aliphatic heterocycles. The molecule has 0 aliphatic carbocycles. The SMILES string of the molecule is O=C(O)c1c(Cl)cc(Cl)nc1N1CCCC12CCOC2. The number of nitrogens with zero attached hydrogens (tertiary/aromatic N) is 2. The van der Waals surface area contributed by atoms with Crippen LogP contribution in [-0.2, 0) is 4.74 Å². The molecular weight excluding hydrogens is 303 g/mol. The lowest BCUT2D eigenvalue weighted by molar-refractivity contribution is 0.0697. The average Bonchev–Trinajstić information content (AvgIpc) is 2.98. The summed E-state index contributed by atoms with van der Waals surface area (Å²) in [5, 5.41) is 9.73. The average molecular weight is 317 g/mol. The quantitative estimate of drug-likeness (QED) is 0.850. The minimum Gasteiger partial charge on any atom is -0.478 e. The van der Waals surface area contributed by atoms with E-state index in [0.717, 1.165) is 25.8 Å². The predicted octanol–water partition coefficient (Wildman–Crippen LogP) is 2.85. The van der Waals surface area contributed by atoms with Gasteiger partial charge < -0.3 is 14.7 Å². The molecule has 0 radical (unpaired) electrons. The number of halogens is 2. The van der Waals surface area contributed by atoms with Gasteiger partial charge in [0.25, 0.3) is 0 Å². The maximum Gasteiger partial charge on any atom is 0.341 e. The van der Waals surface area contributed by atoms with E-state index < -0.39 is 5.97 Å². The first-order chi connectivity index (χ1) is 9.53. The molecule has 3 rings (SSSR count). The molecule has 108 valence electrons. The minimum atomic E-state index is -1.09. The van der Waals surface area contributed by atoms with Crippen LogP contribution in [0, 0.1) is 0 Å². The Morgan fingerprint density at radius 3 is 2.90 bits per heavy atom. The van der Waals surface area contributed by atoms with Crippen LogP contribution >= 0.6 is 23.2 Å². The first-order valence-electron chi connectivity index (χ1n) is 6.48. The van der Waals surface area contributed by atoms with Gasteiger partial charge in [0.1, 0.15) is 16.5 Å². The number of hydrogen-bond donors (Lipinski definition) is 1. The molecule has 1 aromatic heterocycles. The van der Waals surface area contributed by atoms with Crippen molar-refractivity contribution in [3.63, 3.8) is 0 Å². The van der Waals surface area contributed by atoms with Gasteiger partial charge in [0.2, 0.25) is 0 Å². The van der Waals surface area contributed by atoms with E-state index in [1.807, 2.05) is 4.90 Å². The summed E-state index contributed by atoms with van der Waals surface area (Å²) in [5.74, 6) is -0.729. The maximum atomic E-state index is 11.5. The lowest BCUT2D eigenvalue weighted by atomic mass is 9.95. The molecule has 0 saturated carbocycles. The first kappa shape index (κ1) is 13.9. The topological polar surface area (TPSA) is 62.7 Å². The second kappa shape index (κ2) is 5.06. The van der Waals surface area contributed by atoms with Gasteiger partial charge in [-0.25, -0.2) is 9.78 Å². The van der Waals surface area contributed by atoms with Crippen molar-refractivity contribution in [2.75, 3.05) is 24.7 Å². The van der Waals surface area contributed by atoms with Crippen LogP contribution < -0.4 is 4.90 Å². The van der Waals surface area contributed by atoms with Gasteiger partial charge in [-0.3, -0.25) is 0 Å². The van der Waals surface area contributed by atoms with Crippen molar-refractivity contribution in [3.05, 3.63) is 21.8 Å². The molecule has 1 N–H and O–H groups in total. The Morgan fingerprint density at radius 1 is 1.45 bits per heavy atom. The van der Waals surface area contributed by atoms with Gasteiger partial charge in [-0.05, 0) is 25.3 Å². The third kappa shape index (κ3) is 2.14. The Morgan fingerprint density at radius 2 is 2.25 bits per heavy atom. The van der Waals surface area contributed by atoms with E-state index in [1.54, 1.807) is 0 Å². The monoisotopic (exact) mass is 316 g/mol. The highest BCUT2D eigenvalue weighted by molar-refractivity contribution is 6.36. The lowest BCUT2D eigenvalue weighted by Gasteiger charge is -2.35. The van der Waals surface area contributed by atoms with Crippen LogP contribution in [-0.4, -0.2) is 41.4 Å². The summed E-state index contributed by atoms with van der Waals surface area (Å²) in [6, 6.07) is 1.37. The van der Waals surface area contributed by atoms with Crippen molar-refractivity contribution in [1.29, 1.82) is 0 Å². The Bertz CT molecular complexity index is 553. The van der Waals surface area contributed by atoms with Crippen LogP contribution in [0.25, 0.3) is 0 Å². The molecule has 1 aromatic rings. The number of carboxylic acid groups (broad SMARTS) is 1. The number of anilines is 1. The number of hydrogen-bond acceptors (Lipinski definition) is 4. The third-order valence-electron chi connectivity index (χ3n) is 4.07. The van der Waals surface area contributed by atoms with E-state index in [9.17, 15) is 9.90 Å². The molecule has 0 amide bonds. The number of aromatic carboxylic acids is 1. The van der Waals surface area contributed by atoms with Gasteiger partial charge in [-0.1, -0.05) is 23.2 Å². The van der Waals surface area contributed by atoms with Crippen LogP contribution in [0.2, 0.25) is 10.2 Å². The standard InChI is InChI=1S/C13H14Cl2N2O3/c14-8-6-9(15)16-11(10(8)12(18)19)17-4-1-2-13(17)3-5-20-7-13/h6H,1-5,7H2,(H,18,19). The summed E-state index contributed by atoms with van der Waals surface area (Å²) in [7, 11) is 0. The molecule has 7 heteroatoms. The number of carboxylic acids is 1. The third-order valence-corrected chi connectivity index (χ3v) is 4.56. The van der Waals surface area contributed by atoms with Crippen LogP contribution in [0.4, 0.5) is 5.82 Å². The van der Waals surface area contributed by atoms with E-state index in [2.05, 4.69) is 4.98 Å². The van der Waals surface area contributed by atoms with Crippen molar-refractivity contribution in [1.82, 2.24) is 4.98 Å². The molecule has 2 aliphatic rings. The second-order valence-electron chi connectivity index (χ2n) is 5.21. The van der Waals surface area contributed by atoms with Crippen LogP contribution in [0.1, 0.15) is 29.6 Å². The largest absolute Gasteiger partial charge is 0.478 e. The highest BCUT2D eigenvalue weighted by Crippen LogP contribution is 2.42. The van der Waals surface area contributed by atoms with Crippen molar-refractivity contribution in [3.8, 4) is 0 Å². The molecule has 1 spiro atoms. The van der Waals surface area contributed by atoms with Gasteiger partial charge in [0, 0.05) is 13.2 Å². The number of rotatable bonds is 2. The van der Waals surface area contributed by atoms with Gasteiger partial charge in [0.05, 0.1) is 17.2 Å². The summed E-state index contributed by atoms with van der Waals surface area (Å²) in [6.07, 6.45) is 2.82. The summed E-state index contributed by atoms with van der Waals surface area (Å²) >= 11 is 12.0. The Balaban J connectivity index is 2.11. The molecule has 2 fully saturated rings. The van der Waals surface area contributed by atoms with Gasteiger partial charge in [-0.2, -0.15) is 0 Å². The van der Waals surface area contributed by atoms with Gasteiger partial charge in [0.15, 0.2) is 0 Å². The van der Waals surface area contributed by atoms with Gasteiger partial charge in [-0.15, -0.1) is 0 Å². The van der Waals surface area contributed by atoms with Crippen LogP contribution in [0.15, 0.2) is 6.07 Å². The smallest absolute Gasteiger partial charge is 0.341 e. The number of carbonyl (C=O) groups is 1. The molecule has 2 saturated heterocycles. The molecule has 1 atom stereocenters. The fourth-order valence-electron chi connectivity index (χ4n) is 3.14. The summed E-state index contributed by atoms with van der Waals surface area (Å²) in [5.41, 5.74) is -0.144. The van der Waals surface area contributed by atoms with Crippen LogP contribution in [0.5, 0.6) is 0 Å². The molecule has 0 aromatic carbocycles. The predicted molar refractivity (Wildman–Crippen MR) is 76.0 cm³/mol. The highest BCUT2D eigenvalue weighted by atomic mass is 35.5. The van der Waals surface area contributed by atoms with Crippen molar-refractivity contribution >= 4 is 35.0 Å². The van der Waals surface area contributed by atoms with E-state index >= 15 is 0 Å². The molecule has 5 nitrogen and oxygen atoms in total. The normalized spacial score (nSPS) is 25.6. The van der Waals surface area contributed by atoms with E-state index in [4.69, 9.17) is 27.9 Å². The summed E-state index contributed by atoms with van der Waals surface area (Å²) in [6.45, 7) is 2.03. The molecular formula is C13H14Cl2N2O3. The molecule has 0 bridgehead atoms. The first-order valence-corrected chi connectivity index (χ1v) is 7.24. The number of aromatic nitrogens is 1. The fraction of sp³-hybridized carbons (Fsp3) is 0.538. The Kier molecular flexibility index (Phi) is 3.52. The molecule has 20 heavy (non-hydrogen) atoms. The van der Waals surface area contributed by atoms with Crippen molar-refractivity contribution in [2.24, 2.45) is 0 Å². The van der Waals surface area contributed by atoms with E-state index in [1.165, 1.54) is 6.07 Å². The zero-order chi connectivity index (χ0) is 14.3. The van der Waals surface area contributed by atoms with E-state index in [-0.39, 0.29) is 21.3 Å². The zero-order valence-corrected chi connectivity index (χ0v) is 12.2. The Hall–Kier alpha value is -1.04. The summed E-state index contributed by atoms with van der Waals surface area (Å²) in [4.78, 5) is 17.7. The molecule has 3 heterocycles. The van der Waals surface area contributed by atoms with E-state index in [0.29, 0.717) is 19.0 Å². The van der Waals surface area contributed by atoms with Gasteiger partial charge >= 0.3 is 5.97 Å². The number of pyridine rings is 1. The van der Waals surface area contributed by atoms with Crippen LogP contribution in [0.3, 0.4) is 0 Å². The Labute approximate surface area is 126 Å². The summed E-state index contributed by atoms with van der Waals surface area (Å²) < 4.78 is 5.51. The maximum absolute atomic E-state index is 11.5.